The fourth-order valence-electron chi connectivity index (χ4n) is 4.76. The summed E-state index contributed by atoms with van der Waals surface area (Å²) in [5, 5.41) is 0. The third-order valence-corrected chi connectivity index (χ3v) is 9.03. The van der Waals surface area contributed by atoms with Crippen molar-refractivity contribution in [2.24, 2.45) is 11.8 Å². The summed E-state index contributed by atoms with van der Waals surface area (Å²) in [6.07, 6.45) is 0. The quantitative estimate of drug-likeness (QED) is 0.418. The van der Waals surface area contributed by atoms with Gasteiger partial charge < -0.3 is 0 Å². The van der Waals surface area contributed by atoms with Gasteiger partial charge in [-0.2, -0.15) is 0 Å². The van der Waals surface area contributed by atoms with Crippen molar-refractivity contribution in [1.29, 1.82) is 0 Å². The second kappa shape index (κ2) is 9.13. The van der Waals surface area contributed by atoms with Crippen LogP contribution < -0.4 is 0 Å². The van der Waals surface area contributed by atoms with E-state index in [4.69, 9.17) is 0 Å². The maximum atomic E-state index is 2.59. The fourth-order valence-corrected chi connectivity index (χ4v) is 4.76. The summed E-state index contributed by atoms with van der Waals surface area (Å²) < 4.78 is 0. The number of rotatable bonds is 7. The summed E-state index contributed by atoms with van der Waals surface area (Å²) >= 11 is 0. The van der Waals surface area contributed by atoms with E-state index in [1.54, 1.807) is 11.1 Å². The molecule has 0 spiro atoms. The second-order valence-corrected chi connectivity index (χ2v) is 11.9. The zero-order valence-electron chi connectivity index (χ0n) is 22.7. The highest BCUT2D eigenvalue weighted by atomic mass is 14.4. The number of hydrogen-bond donors (Lipinski definition) is 0. The minimum Gasteiger partial charge on any atom is -0.0619 e. The van der Waals surface area contributed by atoms with E-state index < -0.39 is 0 Å². The van der Waals surface area contributed by atoms with Crippen LogP contribution in [0.25, 0.3) is 0 Å². The van der Waals surface area contributed by atoms with Crippen LogP contribution in [0.2, 0.25) is 0 Å². The standard InChI is InChI=1S/C31H48/c1-19(2)30(10,11)27-18-28(31(12,13)20(3)4)29(25(9)23(27)7)24(8)22(6)26-16-14-21(5)15-17-26/h14-20,22,24H,1-13H3. The molecule has 2 unspecified atom stereocenters. The van der Waals surface area contributed by atoms with Crippen molar-refractivity contribution in [1.82, 2.24) is 0 Å². The van der Waals surface area contributed by atoms with Gasteiger partial charge in [0.2, 0.25) is 0 Å². The Kier molecular flexibility index (Phi) is 7.57. The number of aryl methyl sites for hydroxylation is 1. The van der Waals surface area contributed by atoms with Gasteiger partial charge in [0.15, 0.2) is 0 Å². The lowest BCUT2D eigenvalue weighted by Gasteiger charge is -2.40. The second-order valence-electron chi connectivity index (χ2n) is 11.9. The Balaban J connectivity index is 2.79. The minimum atomic E-state index is 0.122. The van der Waals surface area contributed by atoms with Gasteiger partial charge in [-0.05, 0) is 88.7 Å². The van der Waals surface area contributed by atoms with Crippen molar-refractivity contribution in [2.75, 3.05) is 0 Å². The van der Waals surface area contributed by atoms with Gasteiger partial charge in [0.25, 0.3) is 0 Å². The summed E-state index contributed by atoms with van der Waals surface area (Å²) in [7, 11) is 0. The van der Waals surface area contributed by atoms with Crippen LogP contribution in [-0.4, -0.2) is 0 Å². The highest BCUT2D eigenvalue weighted by Crippen LogP contribution is 2.46. The van der Waals surface area contributed by atoms with Crippen LogP contribution in [0.4, 0.5) is 0 Å². The molecule has 0 amide bonds. The molecule has 0 saturated heterocycles. The van der Waals surface area contributed by atoms with E-state index in [1.807, 2.05) is 0 Å². The maximum absolute atomic E-state index is 2.59. The molecule has 0 nitrogen and oxygen atoms in total. The molecule has 0 aromatic heterocycles. The molecule has 0 saturated carbocycles. The SMILES string of the molecule is Cc1ccc(C(C)C(C)c2c(C(C)(C)C(C)C)cc(C(C)(C)C(C)C)c(C)c2C)cc1. The molecule has 0 heteroatoms. The summed E-state index contributed by atoms with van der Waals surface area (Å²) in [5.41, 5.74) is 10.7. The van der Waals surface area contributed by atoms with E-state index in [0.717, 1.165) is 0 Å². The Morgan fingerprint density at radius 1 is 0.581 bits per heavy atom. The van der Waals surface area contributed by atoms with Crippen molar-refractivity contribution in [3.05, 3.63) is 69.3 Å². The van der Waals surface area contributed by atoms with E-state index in [0.29, 0.717) is 23.7 Å². The Morgan fingerprint density at radius 2 is 1.03 bits per heavy atom. The van der Waals surface area contributed by atoms with Crippen LogP contribution >= 0.6 is 0 Å². The molecule has 2 atom stereocenters. The van der Waals surface area contributed by atoms with Gasteiger partial charge in [0.05, 0.1) is 0 Å². The normalized spacial score (nSPS) is 14.9. The average molecular weight is 421 g/mol. The van der Waals surface area contributed by atoms with Gasteiger partial charge >= 0.3 is 0 Å². The minimum absolute atomic E-state index is 0.122. The molecule has 0 bridgehead atoms. The smallest absolute Gasteiger partial charge is 0.00775 e. The first-order chi connectivity index (χ1) is 14.1. The first-order valence-electron chi connectivity index (χ1n) is 12.4. The molecule has 2 rings (SSSR count). The fraction of sp³-hybridized carbons (Fsp3) is 0.613. The van der Waals surface area contributed by atoms with Gasteiger partial charge in [-0.25, -0.2) is 0 Å². The van der Waals surface area contributed by atoms with E-state index in [1.165, 1.54) is 27.8 Å². The molecule has 0 radical (unpaired) electrons. The molecule has 2 aromatic rings. The molecule has 0 aliphatic heterocycles. The monoisotopic (exact) mass is 420 g/mol. The van der Waals surface area contributed by atoms with E-state index in [2.05, 4.69) is 120 Å². The van der Waals surface area contributed by atoms with Gasteiger partial charge in [0.1, 0.15) is 0 Å². The Labute approximate surface area is 193 Å². The topological polar surface area (TPSA) is 0 Å². The number of hydrogen-bond acceptors (Lipinski definition) is 0. The first-order valence-corrected chi connectivity index (χ1v) is 12.4. The summed E-state index contributed by atoms with van der Waals surface area (Å²) in [6, 6.07) is 11.7. The van der Waals surface area contributed by atoms with Crippen LogP contribution in [0, 0.1) is 32.6 Å². The third-order valence-electron chi connectivity index (χ3n) is 9.03. The molecule has 0 aliphatic rings. The van der Waals surface area contributed by atoms with Crippen molar-refractivity contribution in [3.63, 3.8) is 0 Å². The van der Waals surface area contributed by atoms with Gasteiger partial charge in [-0.3, -0.25) is 0 Å². The molecular weight excluding hydrogens is 372 g/mol. The highest BCUT2D eigenvalue weighted by Gasteiger charge is 2.35. The largest absolute Gasteiger partial charge is 0.0619 e. The van der Waals surface area contributed by atoms with Crippen LogP contribution in [0.1, 0.15) is 120 Å². The number of benzene rings is 2. The average Bonchev–Trinajstić information content (AvgIpc) is 2.68. The molecular formula is C31H48. The lowest BCUT2D eigenvalue weighted by Crippen LogP contribution is -2.31. The Morgan fingerprint density at radius 3 is 1.48 bits per heavy atom. The summed E-state index contributed by atoms with van der Waals surface area (Å²) in [5.74, 6) is 2.11. The van der Waals surface area contributed by atoms with E-state index in [-0.39, 0.29) is 10.8 Å². The predicted molar refractivity (Wildman–Crippen MR) is 140 cm³/mol. The van der Waals surface area contributed by atoms with Gasteiger partial charge in [-0.15, -0.1) is 0 Å². The van der Waals surface area contributed by atoms with Crippen LogP contribution in [0.3, 0.4) is 0 Å². The van der Waals surface area contributed by atoms with Crippen LogP contribution in [0.5, 0.6) is 0 Å². The Bertz CT molecular complexity index is 891. The van der Waals surface area contributed by atoms with Crippen molar-refractivity contribution in [3.8, 4) is 0 Å². The summed E-state index contributed by atoms with van der Waals surface area (Å²) in [6.45, 7) is 31.0. The molecule has 0 aliphatic carbocycles. The molecule has 0 heterocycles. The van der Waals surface area contributed by atoms with Crippen molar-refractivity contribution >= 4 is 0 Å². The predicted octanol–water partition coefficient (Wildman–Crippen LogP) is 9.39. The highest BCUT2D eigenvalue weighted by molar-refractivity contribution is 5.52. The molecule has 0 N–H and O–H groups in total. The molecule has 172 valence electrons. The van der Waals surface area contributed by atoms with Crippen molar-refractivity contribution in [2.45, 2.75) is 113 Å². The third kappa shape index (κ3) is 4.79. The van der Waals surface area contributed by atoms with E-state index in [9.17, 15) is 0 Å². The zero-order chi connectivity index (χ0) is 23.9. The maximum Gasteiger partial charge on any atom is -0.00775 e. The molecule has 0 fully saturated rings. The van der Waals surface area contributed by atoms with Gasteiger partial charge in [-0.1, -0.05) is 105 Å². The van der Waals surface area contributed by atoms with E-state index >= 15 is 0 Å². The Hall–Kier alpha value is -1.56. The van der Waals surface area contributed by atoms with Gasteiger partial charge in [0, 0.05) is 0 Å². The molecule has 31 heavy (non-hydrogen) atoms. The van der Waals surface area contributed by atoms with Crippen molar-refractivity contribution < 1.29 is 0 Å². The zero-order valence-corrected chi connectivity index (χ0v) is 22.7. The summed E-state index contributed by atoms with van der Waals surface area (Å²) in [4.78, 5) is 0. The van der Waals surface area contributed by atoms with Crippen LogP contribution in [-0.2, 0) is 10.8 Å². The van der Waals surface area contributed by atoms with Crippen LogP contribution in [0.15, 0.2) is 30.3 Å². The first kappa shape index (κ1) is 25.7. The lowest BCUT2D eigenvalue weighted by molar-refractivity contribution is 0.354. The lowest BCUT2D eigenvalue weighted by atomic mass is 9.64. The molecule has 2 aromatic carbocycles.